The molecule has 0 atom stereocenters. The number of hydrogen-bond donors (Lipinski definition) is 2. The molecule has 1 heterocycles. The minimum atomic E-state index is -0.470. The molecule has 0 aromatic heterocycles. The number of benzene rings is 2. The molecule has 0 spiro atoms. The summed E-state index contributed by atoms with van der Waals surface area (Å²) in [5.41, 5.74) is 2.59. The van der Waals surface area contributed by atoms with Crippen LogP contribution in [0, 0.1) is 5.82 Å². The van der Waals surface area contributed by atoms with Gasteiger partial charge in [-0.05, 0) is 41.8 Å². The van der Waals surface area contributed by atoms with E-state index in [-0.39, 0.29) is 30.7 Å². The fourth-order valence-corrected chi connectivity index (χ4v) is 3.34. The molecule has 2 N–H and O–H groups in total. The van der Waals surface area contributed by atoms with Gasteiger partial charge in [0, 0.05) is 38.3 Å². The first kappa shape index (κ1) is 22.3. The van der Waals surface area contributed by atoms with E-state index in [1.807, 2.05) is 24.3 Å². The van der Waals surface area contributed by atoms with E-state index in [1.54, 1.807) is 21.9 Å². The van der Waals surface area contributed by atoms with Crippen molar-refractivity contribution in [2.24, 2.45) is 0 Å². The molecule has 2 aromatic rings. The molecule has 0 saturated carbocycles. The smallest absolute Gasteiger partial charge is 0.315 e. The van der Waals surface area contributed by atoms with E-state index in [4.69, 9.17) is 0 Å². The average Bonchev–Trinajstić information content (AvgIpc) is 2.82. The minimum absolute atomic E-state index is 0.0342. The van der Waals surface area contributed by atoms with Gasteiger partial charge in [0.2, 0.25) is 5.91 Å². The van der Waals surface area contributed by atoms with Crippen LogP contribution < -0.4 is 10.6 Å². The minimum Gasteiger partial charge on any atom is -0.338 e. The van der Waals surface area contributed by atoms with Gasteiger partial charge in [-0.15, -0.1) is 0 Å². The lowest BCUT2D eigenvalue weighted by Gasteiger charge is -2.35. The summed E-state index contributed by atoms with van der Waals surface area (Å²) in [6.45, 7) is 3.94. The maximum absolute atomic E-state index is 12.9. The molecule has 0 aliphatic carbocycles. The number of hydrogen-bond acceptors (Lipinski definition) is 3. The first-order chi connectivity index (χ1) is 15.0. The Morgan fingerprint density at radius 3 is 2.03 bits per heavy atom. The lowest BCUT2D eigenvalue weighted by molar-refractivity contribution is -0.131. The first-order valence-electron chi connectivity index (χ1n) is 10.4. The van der Waals surface area contributed by atoms with Crippen molar-refractivity contribution in [3.8, 4) is 0 Å². The van der Waals surface area contributed by atoms with E-state index in [0.29, 0.717) is 31.7 Å². The van der Waals surface area contributed by atoms with E-state index in [9.17, 15) is 18.8 Å². The maximum Gasteiger partial charge on any atom is 0.315 e. The van der Waals surface area contributed by atoms with Crippen molar-refractivity contribution in [3.63, 3.8) is 0 Å². The second kappa shape index (κ2) is 10.6. The van der Waals surface area contributed by atoms with E-state index in [2.05, 4.69) is 17.6 Å². The zero-order valence-corrected chi connectivity index (χ0v) is 17.6. The monoisotopic (exact) mass is 426 g/mol. The third-order valence-electron chi connectivity index (χ3n) is 5.30. The van der Waals surface area contributed by atoms with Crippen molar-refractivity contribution in [2.75, 3.05) is 32.7 Å². The standard InChI is InChI=1S/C23H27FN4O3/c1-2-17-3-7-19(8-4-17)22(30)28-13-11-27(12-14-28)21(29)16-26-23(31)25-15-18-5-9-20(24)10-6-18/h3-10H,2,11-16H2,1H3,(H2,25,26,31). The number of carbonyl (C=O) groups is 3. The number of nitrogens with one attached hydrogen (secondary N) is 2. The normalized spacial score (nSPS) is 13.6. The molecule has 1 aliphatic rings. The Morgan fingerprint density at radius 1 is 0.839 bits per heavy atom. The molecule has 1 saturated heterocycles. The third-order valence-corrected chi connectivity index (χ3v) is 5.30. The summed E-state index contributed by atoms with van der Waals surface area (Å²) in [6.07, 6.45) is 0.924. The second-order valence-electron chi connectivity index (χ2n) is 7.39. The number of amides is 4. The highest BCUT2D eigenvalue weighted by atomic mass is 19.1. The Kier molecular flexibility index (Phi) is 7.59. The Hall–Kier alpha value is -3.42. The van der Waals surface area contributed by atoms with Crippen molar-refractivity contribution in [1.82, 2.24) is 20.4 Å². The summed E-state index contributed by atoms with van der Waals surface area (Å²) >= 11 is 0. The number of halogens is 1. The summed E-state index contributed by atoms with van der Waals surface area (Å²) in [5.74, 6) is -0.570. The van der Waals surface area contributed by atoms with Crippen LogP contribution >= 0.6 is 0 Å². The van der Waals surface area contributed by atoms with Crippen LogP contribution in [-0.2, 0) is 17.8 Å². The third kappa shape index (κ3) is 6.28. The van der Waals surface area contributed by atoms with Crippen LogP contribution in [0.4, 0.5) is 9.18 Å². The second-order valence-corrected chi connectivity index (χ2v) is 7.39. The zero-order chi connectivity index (χ0) is 22.2. The fourth-order valence-electron chi connectivity index (χ4n) is 3.34. The van der Waals surface area contributed by atoms with Crippen molar-refractivity contribution in [1.29, 1.82) is 0 Å². The molecular formula is C23H27FN4O3. The summed E-state index contributed by atoms with van der Waals surface area (Å²) in [4.78, 5) is 40.3. The molecule has 31 heavy (non-hydrogen) atoms. The topological polar surface area (TPSA) is 81.8 Å². The van der Waals surface area contributed by atoms with E-state index in [0.717, 1.165) is 12.0 Å². The summed E-state index contributed by atoms with van der Waals surface area (Å²) in [5, 5.41) is 5.16. The lowest BCUT2D eigenvalue weighted by atomic mass is 10.1. The molecule has 0 bridgehead atoms. The molecular weight excluding hydrogens is 399 g/mol. The molecule has 0 radical (unpaired) electrons. The highest BCUT2D eigenvalue weighted by molar-refractivity contribution is 5.94. The predicted octanol–water partition coefficient (Wildman–Crippen LogP) is 2.17. The van der Waals surface area contributed by atoms with Gasteiger partial charge in [0.05, 0.1) is 6.54 Å². The molecule has 2 aromatic carbocycles. The number of urea groups is 1. The number of nitrogens with zero attached hydrogens (tertiary/aromatic N) is 2. The Bertz CT molecular complexity index is 907. The molecule has 3 rings (SSSR count). The molecule has 7 nitrogen and oxygen atoms in total. The van der Waals surface area contributed by atoms with Crippen molar-refractivity contribution in [3.05, 3.63) is 71.0 Å². The molecule has 1 fully saturated rings. The average molecular weight is 426 g/mol. The lowest BCUT2D eigenvalue weighted by Crippen LogP contribution is -2.53. The Morgan fingerprint density at radius 2 is 1.42 bits per heavy atom. The quantitative estimate of drug-likeness (QED) is 0.743. The summed E-state index contributed by atoms with van der Waals surface area (Å²) < 4.78 is 12.9. The van der Waals surface area contributed by atoms with Crippen LogP contribution in [0.2, 0.25) is 0 Å². The highest BCUT2D eigenvalue weighted by Crippen LogP contribution is 2.11. The molecule has 164 valence electrons. The summed E-state index contributed by atoms with van der Waals surface area (Å²) in [7, 11) is 0. The van der Waals surface area contributed by atoms with Gasteiger partial charge in [-0.1, -0.05) is 31.2 Å². The van der Waals surface area contributed by atoms with E-state index >= 15 is 0 Å². The molecule has 1 aliphatic heterocycles. The molecule has 0 unspecified atom stereocenters. The van der Waals surface area contributed by atoms with Gasteiger partial charge in [0.15, 0.2) is 0 Å². The molecule has 4 amide bonds. The van der Waals surface area contributed by atoms with Crippen LogP contribution in [-0.4, -0.2) is 60.4 Å². The fraction of sp³-hybridized carbons (Fsp3) is 0.348. The Labute approximate surface area is 181 Å². The van der Waals surface area contributed by atoms with Gasteiger partial charge in [-0.25, -0.2) is 9.18 Å². The van der Waals surface area contributed by atoms with Crippen LogP contribution in [0.25, 0.3) is 0 Å². The summed E-state index contributed by atoms with van der Waals surface area (Å²) in [6, 6.07) is 12.9. The van der Waals surface area contributed by atoms with Gasteiger partial charge in [-0.2, -0.15) is 0 Å². The van der Waals surface area contributed by atoms with Crippen LogP contribution in [0.5, 0.6) is 0 Å². The highest BCUT2D eigenvalue weighted by Gasteiger charge is 2.24. The van der Waals surface area contributed by atoms with Gasteiger partial charge in [0.25, 0.3) is 5.91 Å². The molecule has 8 heteroatoms. The van der Waals surface area contributed by atoms with E-state index in [1.165, 1.54) is 17.7 Å². The van der Waals surface area contributed by atoms with Crippen LogP contribution in [0.15, 0.2) is 48.5 Å². The number of aryl methyl sites for hydroxylation is 1. The van der Waals surface area contributed by atoms with Crippen LogP contribution in [0.3, 0.4) is 0 Å². The van der Waals surface area contributed by atoms with Gasteiger partial charge >= 0.3 is 6.03 Å². The van der Waals surface area contributed by atoms with Crippen LogP contribution in [0.1, 0.15) is 28.4 Å². The largest absolute Gasteiger partial charge is 0.338 e. The number of carbonyl (C=O) groups excluding carboxylic acids is 3. The van der Waals surface area contributed by atoms with Crippen molar-refractivity contribution < 1.29 is 18.8 Å². The number of piperazine rings is 1. The van der Waals surface area contributed by atoms with Gasteiger partial charge in [0.1, 0.15) is 5.82 Å². The predicted molar refractivity (Wildman–Crippen MR) is 115 cm³/mol. The maximum atomic E-state index is 12.9. The van der Waals surface area contributed by atoms with Gasteiger partial charge in [-0.3, -0.25) is 9.59 Å². The Balaban J connectivity index is 1.38. The van der Waals surface area contributed by atoms with E-state index < -0.39 is 6.03 Å². The first-order valence-corrected chi connectivity index (χ1v) is 10.4. The van der Waals surface area contributed by atoms with Crippen molar-refractivity contribution >= 4 is 17.8 Å². The van der Waals surface area contributed by atoms with Gasteiger partial charge < -0.3 is 20.4 Å². The zero-order valence-electron chi connectivity index (χ0n) is 17.6. The SMILES string of the molecule is CCc1ccc(C(=O)N2CCN(C(=O)CNC(=O)NCc3ccc(F)cc3)CC2)cc1. The number of rotatable bonds is 6. The van der Waals surface area contributed by atoms with Crippen molar-refractivity contribution in [2.45, 2.75) is 19.9 Å².